The van der Waals surface area contributed by atoms with E-state index in [4.69, 9.17) is 4.74 Å². The summed E-state index contributed by atoms with van der Waals surface area (Å²) in [5.41, 5.74) is 2.00. The zero-order chi connectivity index (χ0) is 16.7. The quantitative estimate of drug-likeness (QED) is 0.568. The Morgan fingerprint density at radius 1 is 1.08 bits per heavy atom. The standard InChI is InChI=1S/C18H13N3O3/c1-24-10-6-7-12-15(8-10)20-17(21-18(12)23)16-13(9-22)11-4-2-3-5-14(11)19-16/h2-9,19H,1H3,(H,20,21,23). The Morgan fingerprint density at radius 2 is 1.92 bits per heavy atom. The molecule has 2 aromatic heterocycles. The Bertz CT molecular complexity index is 1140. The third kappa shape index (κ3) is 2.08. The van der Waals surface area contributed by atoms with Gasteiger partial charge in [0.05, 0.1) is 29.3 Å². The number of ether oxygens (including phenoxy) is 1. The summed E-state index contributed by atoms with van der Waals surface area (Å²) < 4.78 is 5.18. The molecule has 2 heterocycles. The second-order valence-electron chi connectivity index (χ2n) is 5.37. The molecular formula is C18H13N3O3. The number of nitrogens with one attached hydrogen (secondary N) is 2. The van der Waals surface area contributed by atoms with Crippen LogP contribution in [0, 0.1) is 0 Å². The fourth-order valence-electron chi connectivity index (χ4n) is 2.84. The highest BCUT2D eigenvalue weighted by Gasteiger charge is 2.15. The summed E-state index contributed by atoms with van der Waals surface area (Å²) in [4.78, 5) is 34.3. The highest BCUT2D eigenvalue weighted by atomic mass is 16.5. The second-order valence-corrected chi connectivity index (χ2v) is 5.37. The molecule has 0 amide bonds. The molecule has 24 heavy (non-hydrogen) atoms. The number of para-hydroxylation sites is 1. The fraction of sp³-hybridized carbons (Fsp3) is 0.0556. The molecule has 0 fully saturated rings. The number of hydrogen-bond acceptors (Lipinski definition) is 4. The molecule has 0 aliphatic heterocycles. The van der Waals surface area contributed by atoms with Crippen molar-refractivity contribution in [3.05, 3.63) is 58.4 Å². The molecule has 0 atom stereocenters. The van der Waals surface area contributed by atoms with Crippen LogP contribution >= 0.6 is 0 Å². The smallest absolute Gasteiger partial charge is 0.259 e. The highest BCUT2D eigenvalue weighted by Crippen LogP contribution is 2.27. The third-order valence-electron chi connectivity index (χ3n) is 4.01. The minimum atomic E-state index is -0.270. The maximum Gasteiger partial charge on any atom is 0.259 e. The molecule has 4 rings (SSSR count). The zero-order valence-electron chi connectivity index (χ0n) is 12.8. The fourth-order valence-corrected chi connectivity index (χ4v) is 2.84. The Labute approximate surface area is 136 Å². The summed E-state index contributed by atoms with van der Waals surface area (Å²) in [5, 5.41) is 1.25. The summed E-state index contributed by atoms with van der Waals surface area (Å²) in [6.45, 7) is 0. The van der Waals surface area contributed by atoms with Crippen molar-refractivity contribution in [1.82, 2.24) is 15.0 Å². The molecule has 6 heteroatoms. The monoisotopic (exact) mass is 319 g/mol. The first-order valence-corrected chi connectivity index (χ1v) is 7.35. The van der Waals surface area contributed by atoms with Crippen LogP contribution in [0.1, 0.15) is 10.4 Å². The van der Waals surface area contributed by atoms with Crippen LogP contribution in [0.25, 0.3) is 33.3 Å². The summed E-state index contributed by atoms with van der Waals surface area (Å²) in [5.74, 6) is 0.929. The van der Waals surface area contributed by atoms with Crippen LogP contribution in [-0.2, 0) is 0 Å². The van der Waals surface area contributed by atoms with Gasteiger partial charge in [0.2, 0.25) is 0 Å². The normalized spacial score (nSPS) is 11.0. The maximum absolute atomic E-state index is 12.3. The van der Waals surface area contributed by atoms with Crippen molar-refractivity contribution in [2.75, 3.05) is 7.11 Å². The predicted molar refractivity (Wildman–Crippen MR) is 91.6 cm³/mol. The number of rotatable bonds is 3. The molecule has 0 radical (unpaired) electrons. The maximum atomic E-state index is 12.3. The molecular weight excluding hydrogens is 306 g/mol. The minimum absolute atomic E-state index is 0.270. The number of benzene rings is 2. The van der Waals surface area contributed by atoms with E-state index < -0.39 is 0 Å². The van der Waals surface area contributed by atoms with Crippen LogP contribution in [0.15, 0.2) is 47.3 Å². The van der Waals surface area contributed by atoms with Crippen LogP contribution in [0.4, 0.5) is 0 Å². The lowest BCUT2D eigenvalue weighted by molar-refractivity contribution is 0.112. The lowest BCUT2D eigenvalue weighted by Gasteiger charge is -2.04. The van der Waals surface area contributed by atoms with E-state index in [1.807, 2.05) is 24.3 Å². The first kappa shape index (κ1) is 14.2. The van der Waals surface area contributed by atoms with E-state index in [0.29, 0.717) is 33.7 Å². The van der Waals surface area contributed by atoms with Gasteiger partial charge in [0.25, 0.3) is 5.56 Å². The molecule has 0 saturated heterocycles. The van der Waals surface area contributed by atoms with E-state index in [2.05, 4.69) is 15.0 Å². The van der Waals surface area contributed by atoms with Crippen molar-refractivity contribution in [2.45, 2.75) is 0 Å². The van der Waals surface area contributed by atoms with Crippen molar-refractivity contribution in [3.8, 4) is 17.3 Å². The summed E-state index contributed by atoms with van der Waals surface area (Å²) in [6, 6.07) is 12.5. The average molecular weight is 319 g/mol. The number of aromatic amines is 2. The van der Waals surface area contributed by atoms with Gasteiger partial charge in [0.1, 0.15) is 5.75 Å². The molecule has 0 unspecified atom stereocenters. The number of aromatic nitrogens is 3. The Balaban J connectivity index is 2.03. The van der Waals surface area contributed by atoms with Crippen LogP contribution < -0.4 is 10.3 Å². The van der Waals surface area contributed by atoms with Gasteiger partial charge < -0.3 is 14.7 Å². The van der Waals surface area contributed by atoms with Gasteiger partial charge in [-0.1, -0.05) is 18.2 Å². The average Bonchev–Trinajstić information content (AvgIpc) is 2.99. The summed E-state index contributed by atoms with van der Waals surface area (Å²) in [6.07, 6.45) is 0.768. The van der Waals surface area contributed by atoms with Crippen molar-refractivity contribution in [3.63, 3.8) is 0 Å². The van der Waals surface area contributed by atoms with Gasteiger partial charge in [-0.3, -0.25) is 9.59 Å². The number of fused-ring (bicyclic) bond motifs is 2. The Morgan fingerprint density at radius 3 is 2.71 bits per heavy atom. The van der Waals surface area contributed by atoms with E-state index in [0.717, 1.165) is 17.2 Å². The van der Waals surface area contributed by atoms with Crippen LogP contribution in [0.3, 0.4) is 0 Å². The first-order chi connectivity index (χ1) is 11.7. The molecule has 0 aliphatic rings. The molecule has 118 valence electrons. The van der Waals surface area contributed by atoms with E-state index in [9.17, 15) is 9.59 Å². The minimum Gasteiger partial charge on any atom is -0.497 e. The van der Waals surface area contributed by atoms with Gasteiger partial charge in [0.15, 0.2) is 12.1 Å². The molecule has 2 aromatic carbocycles. The van der Waals surface area contributed by atoms with Crippen molar-refractivity contribution < 1.29 is 9.53 Å². The summed E-state index contributed by atoms with van der Waals surface area (Å²) in [7, 11) is 1.55. The number of carbonyl (C=O) groups is 1. The first-order valence-electron chi connectivity index (χ1n) is 7.35. The SMILES string of the molecule is COc1ccc2c(=O)[nH]c(-c3[nH]c4ccccc4c3C=O)nc2c1. The van der Waals surface area contributed by atoms with Crippen LogP contribution in [0.5, 0.6) is 5.75 Å². The highest BCUT2D eigenvalue weighted by molar-refractivity contribution is 6.03. The van der Waals surface area contributed by atoms with E-state index in [-0.39, 0.29) is 5.56 Å². The molecule has 0 saturated carbocycles. The lowest BCUT2D eigenvalue weighted by Crippen LogP contribution is -2.10. The molecule has 0 aliphatic carbocycles. The summed E-state index contributed by atoms with van der Waals surface area (Å²) >= 11 is 0. The molecule has 2 N–H and O–H groups in total. The third-order valence-corrected chi connectivity index (χ3v) is 4.01. The van der Waals surface area contributed by atoms with Gasteiger partial charge in [-0.25, -0.2) is 4.98 Å². The van der Waals surface area contributed by atoms with Crippen LogP contribution in [-0.4, -0.2) is 28.3 Å². The number of nitrogens with zero attached hydrogens (tertiary/aromatic N) is 1. The molecule has 0 spiro atoms. The number of H-pyrrole nitrogens is 2. The van der Waals surface area contributed by atoms with Gasteiger partial charge in [-0.15, -0.1) is 0 Å². The van der Waals surface area contributed by atoms with E-state index in [1.54, 1.807) is 25.3 Å². The van der Waals surface area contributed by atoms with Gasteiger partial charge >= 0.3 is 0 Å². The molecule has 0 bridgehead atoms. The van der Waals surface area contributed by atoms with Crippen molar-refractivity contribution in [2.24, 2.45) is 0 Å². The largest absolute Gasteiger partial charge is 0.497 e. The number of carbonyl (C=O) groups excluding carboxylic acids is 1. The van der Waals surface area contributed by atoms with E-state index in [1.165, 1.54) is 0 Å². The zero-order valence-corrected chi connectivity index (χ0v) is 12.8. The van der Waals surface area contributed by atoms with Gasteiger partial charge in [0, 0.05) is 17.0 Å². The number of aldehydes is 1. The topological polar surface area (TPSA) is 87.8 Å². The van der Waals surface area contributed by atoms with Gasteiger partial charge in [-0.2, -0.15) is 0 Å². The predicted octanol–water partition coefficient (Wildman–Crippen LogP) is 2.89. The Kier molecular flexibility index (Phi) is 3.16. The van der Waals surface area contributed by atoms with Crippen molar-refractivity contribution >= 4 is 28.1 Å². The van der Waals surface area contributed by atoms with Crippen LogP contribution in [0.2, 0.25) is 0 Å². The van der Waals surface area contributed by atoms with Gasteiger partial charge in [-0.05, 0) is 18.2 Å². The van der Waals surface area contributed by atoms with E-state index >= 15 is 0 Å². The number of methoxy groups -OCH3 is 1. The molecule has 4 aromatic rings. The molecule has 6 nitrogen and oxygen atoms in total. The number of hydrogen-bond donors (Lipinski definition) is 2. The Hall–Kier alpha value is -3.41. The second kappa shape index (κ2) is 5.34. The lowest BCUT2D eigenvalue weighted by atomic mass is 10.1. The van der Waals surface area contributed by atoms with Crippen molar-refractivity contribution in [1.29, 1.82) is 0 Å².